The molecule has 0 radical (unpaired) electrons. The number of benzene rings is 1. The largest absolute Gasteiger partial charge is 0.321 e. The Morgan fingerprint density at radius 2 is 1.79 bits per heavy atom. The Bertz CT molecular complexity index is 1600. The Morgan fingerprint density at radius 1 is 0.882 bits per heavy atom. The summed E-state index contributed by atoms with van der Waals surface area (Å²) in [5.41, 5.74) is 8.56. The summed E-state index contributed by atoms with van der Waals surface area (Å²) in [4.78, 5) is 21.3. The number of fused-ring (bicyclic) bond motifs is 2. The molecule has 8 nitrogen and oxygen atoms in total. The van der Waals surface area contributed by atoms with Crippen molar-refractivity contribution in [3.05, 3.63) is 79.0 Å². The van der Waals surface area contributed by atoms with E-state index in [9.17, 15) is 0 Å². The first-order valence-electron chi connectivity index (χ1n) is 11.2. The molecule has 34 heavy (non-hydrogen) atoms. The third-order valence-electron chi connectivity index (χ3n) is 5.87. The van der Waals surface area contributed by atoms with Crippen LogP contribution < -0.4 is 5.32 Å². The number of aromatic amines is 2. The minimum Gasteiger partial charge on any atom is -0.321 e. The highest BCUT2D eigenvalue weighted by molar-refractivity contribution is 5.97. The molecule has 0 saturated heterocycles. The smallest absolute Gasteiger partial charge is 0.160 e. The van der Waals surface area contributed by atoms with Crippen molar-refractivity contribution in [2.24, 2.45) is 0 Å². The van der Waals surface area contributed by atoms with Gasteiger partial charge in [-0.25, -0.2) is 9.97 Å². The van der Waals surface area contributed by atoms with Gasteiger partial charge in [-0.1, -0.05) is 13.0 Å². The van der Waals surface area contributed by atoms with Gasteiger partial charge < -0.3 is 10.3 Å². The zero-order valence-corrected chi connectivity index (χ0v) is 18.6. The van der Waals surface area contributed by atoms with Gasteiger partial charge in [0, 0.05) is 54.0 Å². The van der Waals surface area contributed by atoms with Crippen molar-refractivity contribution in [2.45, 2.75) is 13.5 Å². The molecule has 0 fully saturated rings. The van der Waals surface area contributed by atoms with Crippen LogP contribution in [0, 0.1) is 0 Å². The SMILES string of the molecule is CCNCc1cncc(-c2ccc3[nH]nc(-c4nc5c(-c6ccncc6)ccnc5[nH]4)c3c2)c1. The first kappa shape index (κ1) is 20.2. The van der Waals surface area contributed by atoms with E-state index in [1.54, 1.807) is 18.6 Å². The van der Waals surface area contributed by atoms with E-state index in [1.165, 1.54) is 0 Å². The molecule has 3 N–H and O–H groups in total. The molecule has 0 atom stereocenters. The van der Waals surface area contributed by atoms with Crippen LogP contribution in [0.2, 0.25) is 0 Å². The van der Waals surface area contributed by atoms with E-state index in [-0.39, 0.29) is 0 Å². The molecule has 166 valence electrons. The molecule has 5 heterocycles. The standard InChI is InChI=1S/C26H22N8/c1-2-27-13-16-11-19(15-29-14-16)18-3-4-22-21(12-18)24(34-33-22)26-31-23-20(7-10-30-25(23)32-26)17-5-8-28-9-6-17/h3-12,14-15,27H,2,13H2,1H3,(H,33,34)(H,30,31,32). The Morgan fingerprint density at radius 3 is 2.68 bits per heavy atom. The normalized spacial score (nSPS) is 11.4. The second kappa shape index (κ2) is 8.49. The molecule has 0 spiro atoms. The molecule has 1 aromatic carbocycles. The average Bonchev–Trinajstić information content (AvgIpc) is 3.51. The van der Waals surface area contributed by atoms with Gasteiger partial charge in [0.2, 0.25) is 0 Å². The third kappa shape index (κ3) is 3.60. The predicted octanol–water partition coefficient (Wildman–Crippen LogP) is 4.73. The highest BCUT2D eigenvalue weighted by Crippen LogP contribution is 2.32. The van der Waals surface area contributed by atoms with Crippen molar-refractivity contribution < 1.29 is 0 Å². The van der Waals surface area contributed by atoms with Crippen molar-refractivity contribution in [2.75, 3.05) is 6.54 Å². The molecule has 0 bridgehead atoms. The minimum absolute atomic E-state index is 0.673. The number of imidazole rings is 1. The number of aromatic nitrogens is 7. The lowest BCUT2D eigenvalue weighted by molar-refractivity contribution is 0.724. The molecule has 6 rings (SSSR count). The monoisotopic (exact) mass is 446 g/mol. The Kier molecular flexibility index (Phi) is 5.04. The van der Waals surface area contributed by atoms with E-state index >= 15 is 0 Å². The summed E-state index contributed by atoms with van der Waals surface area (Å²) in [5, 5.41) is 12.0. The fraction of sp³-hybridized carbons (Fsp3) is 0.115. The molecular formula is C26H22N8. The molecule has 0 saturated carbocycles. The van der Waals surface area contributed by atoms with Gasteiger partial charge in [0.05, 0.1) is 5.52 Å². The molecule has 0 unspecified atom stereocenters. The molecule has 5 aromatic heterocycles. The highest BCUT2D eigenvalue weighted by atomic mass is 15.1. The number of hydrogen-bond acceptors (Lipinski definition) is 6. The van der Waals surface area contributed by atoms with Crippen molar-refractivity contribution in [3.63, 3.8) is 0 Å². The lowest BCUT2D eigenvalue weighted by atomic mass is 10.0. The number of H-pyrrole nitrogens is 2. The topological polar surface area (TPSA) is 108 Å². The van der Waals surface area contributed by atoms with Crippen LogP contribution in [0.5, 0.6) is 0 Å². The summed E-state index contributed by atoms with van der Waals surface area (Å²) in [6.45, 7) is 3.81. The van der Waals surface area contributed by atoms with Crippen LogP contribution >= 0.6 is 0 Å². The van der Waals surface area contributed by atoms with Crippen molar-refractivity contribution in [1.82, 2.24) is 40.4 Å². The predicted molar refractivity (Wildman–Crippen MR) is 133 cm³/mol. The molecule has 0 aliphatic heterocycles. The average molecular weight is 447 g/mol. The van der Waals surface area contributed by atoms with E-state index < -0.39 is 0 Å². The zero-order chi connectivity index (χ0) is 22.9. The second-order valence-corrected chi connectivity index (χ2v) is 8.07. The quantitative estimate of drug-likeness (QED) is 0.341. The van der Waals surface area contributed by atoms with Crippen LogP contribution in [0.25, 0.3) is 55.8 Å². The second-order valence-electron chi connectivity index (χ2n) is 8.07. The van der Waals surface area contributed by atoms with Gasteiger partial charge in [0.25, 0.3) is 0 Å². The maximum absolute atomic E-state index is 4.89. The van der Waals surface area contributed by atoms with Crippen molar-refractivity contribution in [3.8, 4) is 33.8 Å². The lowest BCUT2D eigenvalue weighted by Gasteiger charge is -2.06. The fourth-order valence-electron chi connectivity index (χ4n) is 4.17. The summed E-state index contributed by atoms with van der Waals surface area (Å²) < 4.78 is 0. The van der Waals surface area contributed by atoms with Crippen molar-refractivity contribution >= 4 is 22.1 Å². The lowest BCUT2D eigenvalue weighted by Crippen LogP contribution is -2.11. The molecule has 0 amide bonds. The minimum atomic E-state index is 0.673. The van der Waals surface area contributed by atoms with Gasteiger partial charge in [-0.05, 0) is 59.6 Å². The summed E-state index contributed by atoms with van der Waals surface area (Å²) in [6.07, 6.45) is 9.13. The molecule has 0 aliphatic rings. The van der Waals surface area contributed by atoms with Crippen LogP contribution in [0.1, 0.15) is 12.5 Å². The summed E-state index contributed by atoms with van der Waals surface area (Å²) in [7, 11) is 0. The summed E-state index contributed by atoms with van der Waals surface area (Å²) >= 11 is 0. The van der Waals surface area contributed by atoms with Crippen molar-refractivity contribution in [1.29, 1.82) is 0 Å². The Labute approximate surface area is 195 Å². The number of nitrogens with zero attached hydrogens (tertiary/aromatic N) is 5. The third-order valence-corrected chi connectivity index (χ3v) is 5.87. The first-order chi connectivity index (χ1) is 16.8. The molecular weight excluding hydrogens is 424 g/mol. The van der Waals surface area contributed by atoms with E-state index in [2.05, 4.69) is 60.6 Å². The van der Waals surface area contributed by atoms with Gasteiger partial charge in [-0.3, -0.25) is 15.1 Å². The van der Waals surface area contributed by atoms with E-state index in [0.29, 0.717) is 5.82 Å². The molecule has 0 aliphatic carbocycles. The van der Waals surface area contributed by atoms with Crippen LogP contribution in [0.4, 0.5) is 0 Å². The number of hydrogen-bond donors (Lipinski definition) is 3. The van der Waals surface area contributed by atoms with Crippen LogP contribution in [0.15, 0.2) is 73.4 Å². The van der Waals surface area contributed by atoms with E-state index in [0.717, 1.165) is 68.7 Å². The molecule has 8 heteroatoms. The fourth-order valence-corrected chi connectivity index (χ4v) is 4.17. The number of nitrogens with one attached hydrogen (secondary N) is 3. The number of rotatable bonds is 6. The first-order valence-corrected chi connectivity index (χ1v) is 11.2. The summed E-state index contributed by atoms with van der Waals surface area (Å²) in [5.74, 6) is 0.673. The van der Waals surface area contributed by atoms with Crippen LogP contribution in [-0.4, -0.2) is 41.7 Å². The van der Waals surface area contributed by atoms with Gasteiger partial charge >= 0.3 is 0 Å². The van der Waals surface area contributed by atoms with E-state index in [1.807, 2.05) is 36.7 Å². The maximum atomic E-state index is 4.89. The Balaban J connectivity index is 1.44. The van der Waals surface area contributed by atoms with E-state index in [4.69, 9.17) is 4.98 Å². The van der Waals surface area contributed by atoms with Gasteiger partial charge in [0.1, 0.15) is 11.2 Å². The van der Waals surface area contributed by atoms with Gasteiger partial charge in [-0.15, -0.1) is 0 Å². The van der Waals surface area contributed by atoms with Gasteiger partial charge in [-0.2, -0.15) is 5.10 Å². The maximum Gasteiger partial charge on any atom is 0.160 e. The highest BCUT2D eigenvalue weighted by Gasteiger charge is 2.16. The number of pyridine rings is 3. The Hall–Kier alpha value is -4.43. The van der Waals surface area contributed by atoms with Crippen LogP contribution in [0.3, 0.4) is 0 Å². The summed E-state index contributed by atoms with van der Waals surface area (Å²) in [6, 6.07) is 14.3. The van der Waals surface area contributed by atoms with Gasteiger partial charge in [0.15, 0.2) is 11.5 Å². The van der Waals surface area contributed by atoms with Crippen LogP contribution in [-0.2, 0) is 6.54 Å². The molecule has 6 aromatic rings. The zero-order valence-electron chi connectivity index (χ0n) is 18.6.